The molecule has 3 unspecified atom stereocenters. The Morgan fingerprint density at radius 2 is 1.54 bits per heavy atom. The van der Waals surface area contributed by atoms with E-state index in [1.165, 1.54) is 19.3 Å². The normalized spacial score (nSPS) is 32.7. The fourth-order valence-corrected chi connectivity index (χ4v) is 9.35. The van der Waals surface area contributed by atoms with Gasteiger partial charge in [0.1, 0.15) is 0 Å². The lowest BCUT2D eigenvalue weighted by molar-refractivity contribution is -0.139. The molecule has 0 spiro atoms. The second-order valence-electron chi connectivity index (χ2n) is 11.7. The van der Waals surface area contributed by atoms with Crippen LogP contribution in [0.5, 0.6) is 0 Å². The van der Waals surface area contributed by atoms with Crippen LogP contribution in [-0.4, -0.2) is 60.1 Å². The fraction of sp³-hybridized carbons (Fsp3) is 0.926. The van der Waals surface area contributed by atoms with Crippen molar-refractivity contribution in [2.45, 2.75) is 126 Å². The van der Waals surface area contributed by atoms with Crippen LogP contribution in [0.2, 0.25) is 0 Å². The number of hydrogen-bond acceptors (Lipinski definition) is 4. The number of rotatable bonds is 9. The molecule has 0 heterocycles. The molecule has 4 rings (SSSR count). The van der Waals surface area contributed by atoms with E-state index in [-0.39, 0.29) is 40.3 Å². The number of halogens is 1. The van der Waals surface area contributed by atoms with Crippen molar-refractivity contribution in [3.05, 3.63) is 0 Å². The summed E-state index contributed by atoms with van der Waals surface area (Å²) < 4.78 is 25.1. The van der Waals surface area contributed by atoms with Gasteiger partial charge in [-0.15, -0.1) is 11.6 Å². The molecule has 0 radical (unpaired) electrons. The highest BCUT2D eigenvalue weighted by molar-refractivity contribution is 7.92. The largest absolute Gasteiger partial charge is 0.352 e. The van der Waals surface area contributed by atoms with Crippen LogP contribution in [0.3, 0.4) is 0 Å². The van der Waals surface area contributed by atoms with E-state index in [0.29, 0.717) is 43.4 Å². The van der Waals surface area contributed by atoms with Gasteiger partial charge in [-0.3, -0.25) is 9.59 Å². The summed E-state index contributed by atoms with van der Waals surface area (Å²) in [4.78, 5) is 28.1. The Bertz CT molecular complexity index is 832. The molecule has 35 heavy (non-hydrogen) atoms. The van der Waals surface area contributed by atoms with Crippen LogP contribution in [0.25, 0.3) is 0 Å². The van der Waals surface area contributed by atoms with Crippen LogP contribution in [0.15, 0.2) is 0 Å². The maximum atomic E-state index is 13.3. The topological polar surface area (TPSA) is 83.6 Å². The van der Waals surface area contributed by atoms with Crippen molar-refractivity contribution in [1.29, 1.82) is 0 Å². The molecule has 0 saturated heterocycles. The van der Waals surface area contributed by atoms with Crippen molar-refractivity contribution in [3.63, 3.8) is 0 Å². The summed E-state index contributed by atoms with van der Waals surface area (Å²) in [6.45, 7) is 2.84. The standard InChI is InChI=1S/C27H45ClN2O4S/c1-2-30(22-6-4-3-5-7-22)27(32)21-12-15-25(24(28)17-21)29-26(31)16-19-10-13-23(14-11-19)35(33,34)18-20-8-9-20/h19-25H,2-18H2,1H3,(H,29,31). The maximum absolute atomic E-state index is 13.3. The summed E-state index contributed by atoms with van der Waals surface area (Å²) in [6, 6.07) is 0.291. The predicted molar refractivity (Wildman–Crippen MR) is 140 cm³/mol. The first-order valence-corrected chi connectivity index (χ1v) is 16.4. The summed E-state index contributed by atoms with van der Waals surface area (Å²) in [6.07, 6.45) is 13.6. The van der Waals surface area contributed by atoms with Crippen LogP contribution in [0, 0.1) is 17.8 Å². The number of amides is 2. The van der Waals surface area contributed by atoms with Crippen LogP contribution in [0.4, 0.5) is 0 Å². The van der Waals surface area contributed by atoms with Crippen molar-refractivity contribution < 1.29 is 18.0 Å². The molecule has 8 heteroatoms. The summed E-state index contributed by atoms with van der Waals surface area (Å²) in [5, 5.41) is 2.71. The highest BCUT2D eigenvalue weighted by atomic mass is 35.5. The number of carbonyl (C=O) groups excluding carboxylic acids is 2. The molecule has 4 aliphatic rings. The lowest BCUT2D eigenvalue weighted by Crippen LogP contribution is -2.50. The van der Waals surface area contributed by atoms with E-state index >= 15 is 0 Å². The van der Waals surface area contributed by atoms with Gasteiger partial charge >= 0.3 is 0 Å². The third-order valence-corrected chi connectivity index (χ3v) is 12.0. The van der Waals surface area contributed by atoms with Gasteiger partial charge in [0.05, 0.1) is 16.4 Å². The summed E-state index contributed by atoms with van der Waals surface area (Å²) >= 11 is 6.71. The summed E-state index contributed by atoms with van der Waals surface area (Å²) in [7, 11) is -2.98. The number of sulfone groups is 1. The molecule has 1 N–H and O–H groups in total. The predicted octanol–water partition coefficient (Wildman–Crippen LogP) is 4.83. The monoisotopic (exact) mass is 528 g/mol. The molecule has 200 valence electrons. The second-order valence-corrected chi connectivity index (χ2v) is 14.6. The summed E-state index contributed by atoms with van der Waals surface area (Å²) in [5.74, 6) is 1.25. The van der Waals surface area contributed by atoms with Crippen molar-refractivity contribution >= 4 is 33.3 Å². The molecular weight excluding hydrogens is 484 g/mol. The van der Waals surface area contributed by atoms with Gasteiger partial charge in [0.15, 0.2) is 9.84 Å². The van der Waals surface area contributed by atoms with Crippen molar-refractivity contribution in [1.82, 2.24) is 10.2 Å². The molecule has 4 fully saturated rings. The maximum Gasteiger partial charge on any atom is 0.225 e. The Morgan fingerprint density at radius 1 is 0.886 bits per heavy atom. The quantitative estimate of drug-likeness (QED) is 0.434. The average molecular weight is 529 g/mol. The number of nitrogens with zero attached hydrogens (tertiary/aromatic N) is 1. The third-order valence-electron chi connectivity index (χ3n) is 9.05. The van der Waals surface area contributed by atoms with E-state index < -0.39 is 9.84 Å². The van der Waals surface area contributed by atoms with Gasteiger partial charge in [-0.25, -0.2) is 8.42 Å². The number of nitrogens with one attached hydrogen (secondary N) is 1. The van der Waals surface area contributed by atoms with Crippen molar-refractivity contribution in [2.75, 3.05) is 12.3 Å². The highest BCUT2D eigenvalue weighted by Gasteiger charge is 2.38. The Morgan fingerprint density at radius 3 is 2.14 bits per heavy atom. The van der Waals surface area contributed by atoms with E-state index in [1.54, 1.807) is 0 Å². The third kappa shape index (κ3) is 7.37. The van der Waals surface area contributed by atoms with E-state index in [9.17, 15) is 18.0 Å². The van der Waals surface area contributed by atoms with Gasteiger partial charge in [-0.2, -0.15) is 0 Å². The van der Waals surface area contributed by atoms with Crippen molar-refractivity contribution in [3.8, 4) is 0 Å². The molecule has 4 saturated carbocycles. The Hall–Kier alpha value is -0.820. The minimum atomic E-state index is -2.98. The van der Waals surface area contributed by atoms with E-state index in [2.05, 4.69) is 17.1 Å². The SMILES string of the molecule is CCN(C(=O)C1CCC(NC(=O)CC2CCC(S(=O)(=O)CC3CC3)CC2)C(Cl)C1)C1CCCCC1. The zero-order valence-corrected chi connectivity index (χ0v) is 23.0. The number of alkyl halides is 1. The Labute approximate surface area is 217 Å². The van der Waals surface area contributed by atoms with E-state index in [4.69, 9.17) is 11.6 Å². The number of hydrogen-bond donors (Lipinski definition) is 1. The highest BCUT2D eigenvalue weighted by Crippen LogP contribution is 2.36. The van der Waals surface area contributed by atoms with Gasteiger partial charge in [0.2, 0.25) is 11.8 Å². The molecule has 0 aromatic heterocycles. The van der Waals surface area contributed by atoms with Gasteiger partial charge < -0.3 is 10.2 Å². The fourth-order valence-electron chi connectivity index (χ4n) is 6.70. The van der Waals surface area contributed by atoms with Gasteiger partial charge in [-0.05, 0) is 89.4 Å². The first-order chi connectivity index (χ1) is 16.8. The number of carbonyl (C=O) groups is 2. The van der Waals surface area contributed by atoms with Crippen LogP contribution in [0.1, 0.15) is 103 Å². The lowest BCUT2D eigenvalue weighted by Gasteiger charge is -2.39. The summed E-state index contributed by atoms with van der Waals surface area (Å²) in [5.41, 5.74) is 0. The average Bonchev–Trinajstić information content (AvgIpc) is 3.65. The minimum Gasteiger partial charge on any atom is -0.352 e. The molecule has 0 bridgehead atoms. The molecule has 0 aliphatic heterocycles. The zero-order chi connectivity index (χ0) is 25.0. The van der Waals surface area contributed by atoms with E-state index in [0.717, 1.165) is 57.9 Å². The second kappa shape index (κ2) is 12.1. The molecular formula is C27H45ClN2O4S. The Kier molecular flexibility index (Phi) is 9.45. The molecule has 0 aromatic carbocycles. The van der Waals surface area contributed by atoms with Crippen LogP contribution in [-0.2, 0) is 19.4 Å². The van der Waals surface area contributed by atoms with E-state index in [1.807, 2.05) is 0 Å². The smallest absolute Gasteiger partial charge is 0.225 e. The molecule has 6 nitrogen and oxygen atoms in total. The van der Waals surface area contributed by atoms with Gasteiger partial charge in [0.25, 0.3) is 0 Å². The lowest BCUT2D eigenvalue weighted by atomic mass is 9.83. The van der Waals surface area contributed by atoms with Crippen LogP contribution < -0.4 is 5.32 Å². The van der Waals surface area contributed by atoms with Gasteiger partial charge in [0, 0.05) is 31.0 Å². The molecule has 3 atom stereocenters. The Balaban J connectivity index is 1.19. The van der Waals surface area contributed by atoms with Crippen LogP contribution >= 0.6 is 11.6 Å². The zero-order valence-electron chi connectivity index (χ0n) is 21.4. The molecule has 0 aromatic rings. The first-order valence-electron chi connectivity index (χ1n) is 14.2. The minimum absolute atomic E-state index is 0.0205. The molecule has 2 amide bonds. The van der Waals surface area contributed by atoms with Gasteiger partial charge in [-0.1, -0.05) is 19.3 Å². The van der Waals surface area contributed by atoms with Crippen molar-refractivity contribution in [2.24, 2.45) is 17.8 Å². The molecule has 4 aliphatic carbocycles. The first kappa shape index (κ1) is 27.2.